The average Bonchev–Trinajstić information content (AvgIpc) is 3.59. The van der Waals surface area contributed by atoms with E-state index in [1.807, 2.05) is 36.4 Å². The Hall–Kier alpha value is -3.35. The van der Waals surface area contributed by atoms with Crippen molar-refractivity contribution in [3.8, 4) is 11.1 Å². The minimum atomic E-state index is -1.02. The van der Waals surface area contributed by atoms with Crippen LogP contribution in [0.1, 0.15) is 55.6 Å². The molecule has 1 unspecified atom stereocenters. The Morgan fingerprint density at radius 1 is 1.00 bits per heavy atom. The monoisotopic (exact) mass is 450 g/mol. The van der Waals surface area contributed by atoms with E-state index in [0.29, 0.717) is 6.54 Å². The fourth-order valence-electron chi connectivity index (χ4n) is 4.45. The van der Waals surface area contributed by atoms with E-state index in [0.717, 1.165) is 41.0 Å². The molecule has 2 amide bonds. The van der Waals surface area contributed by atoms with Crippen LogP contribution in [-0.2, 0) is 14.3 Å². The Bertz CT molecular complexity index is 972. The van der Waals surface area contributed by atoms with Crippen molar-refractivity contribution in [2.24, 2.45) is 5.92 Å². The molecule has 33 heavy (non-hydrogen) atoms. The SMILES string of the molecule is O=C(O)CCC(NC(=O)OCC1c2ccccc2-c2ccccc21)C(=O)NCCCC1CC1. The molecular formula is C26H30N2O5. The highest BCUT2D eigenvalue weighted by molar-refractivity contribution is 5.86. The lowest BCUT2D eigenvalue weighted by Crippen LogP contribution is -2.47. The average molecular weight is 451 g/mol. The molecule has 3 N–H and O–H groups in total. The Morgan fingerprint density at radius 2 is 1.64 bits per heavy atom. The molecule has 0 aromatic heterocycles. The number of carboxylic acid groups (broad SMARTS) is 1. The zero-order valence-corrected chi connectivity index (χ0v) is 18.6. The summed E-state index contributed by atoms with van der Waals surface area (Å²) in [5.41, 5.74) is 4.46. The van der Waals surface area contributed by atoms with Crippen LogP contribution in [-0.4, -0.2) is 42.3 Å². The number of ether oxygens (including phenoxy) is 1. The topological polar surface area (TPSA) is 105 Å². The summed E-state index contributed by atoms with van der Waals surface area (Å²) in [6, 6.07) is 15.1. The summed E-state index contributed by atoms with van der Waals surface area (Å²) in [6.07, 6.45) is 3.56. The van der Waals surface area contributed by atoms with Crippen molar-refractivity contribution in [2.45, 2.75) is 50.5 Å². The van der Waals surface area contributed by atoms with Crippen LogP contribution in [0, 0.1) is 5.92 Å². The molecule has 2 aliphatic carbocycles. The first kappa shape index (κ1) is 22.8. The number of fused-ring (bicyclic) bond motifs is 3. The molecule has 2 aliphatic rings. The second-order valence-electron chi connectivity index (χ2n) is 8.83. The maximum absolute atomic E-state index is 12.6. The molecule has 1 fully saturated rings. The minimum Gasteiger partial charge on any atom is -0.481 e. The Balaban J connectivity index is 1.33. The van der Waals surface area contributed by atoms with Crippen LogP contribution in [0.25, 0.3) is 11.1 Å². The molecular weight excluding hydrogens is 420 g/mol. The van der Waals surface area contributed by atoms with Gasteiger partial charge in [-0.2, -0.15) is 0 Å². The van der Waals surface area contributed by atoms with E-state index in [4.69, 9.17) is 9.84 Å². The summed E-state index contributed by atoms with van der Waals surface area (Å²) in [7, 11) is 0. The van der Waals surface area contributed by atoms with Gasteiger partial charge in [-0.05, 0) is 47.4 Å². The summed E-state index contributed by atoms with van der Waals surface area (Å²) < 4.78 is 5.52. The standard InChI is InChI=1S/C26H30N2O5/c29-24(30)14-13-23(25(31)27-15-5-6-17-11-12-17)28-26(32)33-16-22-20-9-3-1-7-18(20)19-8-2-4-10-21(19)22/h1-4,7-10,17,22-23H,5-6,11-16H2,(H,27,31)(H,28,32)(H,29,30). The van der Waals surface area contributed by atoms with Crippen molar-refractivity contribution in [1.82, 2.24) is 10.6 Å². The number of hydrogen-bond acceptors (Lipinski definition) is 4. The molecule has 174 valence electrons. The third-order valence-electron chi connectivity index (χ3n) is 6.38. The van der Waals surface area contributed by atoms with E-state index in [-0.39, 0.29) is 31.3 Å². The van der Waals surface area contributed by atoms with Crippen molar-refractivity contribution in [3.05, 3.63) is 59.7 Å². The number of aliphatic carboxylic acids is 1. The molecule has 7 heteroatoms. The van der Waals surface area contributed by atoms with Crippen LogP contribution in [0.4, 0.5) is 4.79 Å². The van der Waals surface area contributed by atoms with Crippen LogP contribution < -0.4 is 10.6 Å². The molecule has 2 aromatic rings. The quantitative estimate of drug-likeness (QED) is 0.448. The van der Waals surface area contributed by atoms with E-state index < -0.39 is 18.1 Å². The molecule has 0 aliphatic heterocycles. The third kappa shape index (κ3) is 5.92. The summed E-state index contributed by atoms with van der Waals surface area (Å²) in [5.74, 6) is -0.697. The number of hydrogen-bond donors (Lipinski definition) is 3. The summed E-state index contributed by atoms with van der Waals surface area (Å²) in [4.78, 5) is 36.1. The van der Waals surface area contributed by atoms with Gasteiger partial charge in [0.15, 0.2) is 0 Å². The number of alkyl carbamates (subject to hydrolysis) is 1. The molecule has 0 saturated heterocycles. The molecule has 4 rings (SSSR count). The number of nitrogens with one attached hydrogen (secondary N) is 2. The van der Waals surface area contributed by atoms with Crippen LogP contribution in [0.2, 0.25) is 0 Å². The Kier molecular flexibility index (Phi) is 7.27. The van der Waals surface area contributed by atoms with Gasteiger partial charge in [0.1, 0.15) is 12.6 Å². The van der Waals surface area contributed by atoms with Crippen molar-refractivity contribution in [1.29, 1.82) is 0 Å². The van der Waals surface area contributed by atoms with Gasteiger partial charge in [0.25, 0.3) is 0 Å². The van der Waals surface area contributed by atoms with E-state index >= 15 is 0 Å². The van der Waals surface area contributed by atoms with Gasteiger partial charge in [-0.3, -0.25) is 9.59 Å². The van der Waals surface area contributed by atoms with Gasteiger partial charge in [-0.15, -0.1) is 0 Å². The summed E-state index contributed by atoms with van der Waals surface area (Å²) in [6.45, 7) is 0.653. The van der Waals surface area contributed by atoms with Crippen LogP contribution in [0.15, 0.2) is 48.5 Å². The van der Waals surface area contributed by atoms with Crippen molar-refractivity contribution >= 4 is 18.0 Å². The van der Waals surface area contributed by atoms with Gasteiger partial charge < -0.3 is 20.5 Å². The zero-order valence-electron chi connectivity index (χ0n) is 18.6. The lowest BCUT2D eigenvalue weighted by molar-refractivity contribution is -0.137. The number of carbonyl (C=O) groups excluding carboxylic acids is 2. The predicted octanol–water partition coefficient (Wildman–Crippen LogP) is 4.06. The fourth-order valence-corrected chi connectivity index (χ4v) is 4.45. The third-order valence-corrected chi connectivity index (χ3v) is 6.38. The highest BCUT2D eigenvalue weighted by Gasteiger charge is 2.30. The molecule has 0 spiro atoms. The molecule has 1 saturated carbocycles. The summed E-state index contributed by atoms with van der Waals surface area (Å²) >= 11 is 0. The van der Waals surface area contributed by atoms with Crippen LogP contribution in [0.3, 0.4) is 0 Å². The number of carbonyl (C=O) groups is 3. The first-order chi connectivity index (χ1) is 16.0. The second kappa shape index (κ2) is 10.5. The van der Waals surface area contributed by atoms with Crippen LogP contribution in [0.5, 0.6) is 0 Å². The zero-order chi connectivity index (χ0) is 23.2. The first-order valence-electron chi connectivity index (χ1n) is 11.6. The van der Waals surface area contributed by atoms with Gasteiger partial charge >= 0.3 is 12.1 Å². The van der Waals surface area contributed by atoms with E-state index in [1.165, 1.54) is 12.8 Å². The summed E-state index contributed by atoms with van der Waals surface area (Å²) in [5, 5.41) is 14.4. The van der Waals surface area contributed by atoms with Gasteiger partial charge in [0.05, 0.1) is 0 Å². The number of rotatable bonds is 11. The van der Waals surface area contributed by atoms with E-state index in [1.54, 1.807) is 0 Å². The van der Waals surface area contributed by atoms with Gasteiger partial charge in [-0.25, -0.2) is 4.79 Å². The van der Waals surface area contributed by atoms with Crippen molar-refractivity contribution < 1.29 is 24.2 Å². The fraction of sp³-hybridized carbons (Fsp3) is 0.423. The highest BCUT2D eigenvalue weighted by Crippen LogP contribution is 2.44. The lowest BCUT2D eigenvalue weighted by Gasteiger charge is -2.19. The molecule has 0 bridgehead atoms. The largest absolute Gasteiger partial charge is 0.481 e. The van der Waals surface area contributed by atoms with Crippen molar-refractivity contribution in [3.63, 3.8) is 0 Å². The molecule has 1 atom stereocenters. The van der Waals surface area contributed by atoms with Gasteiger partial charge in [0.2, 0.25) is 5.91 Å². The maximum Gasteiger partial charge on any atom is 0.407 e. The van der Waals surface area contributed by atoms with Crippen molar-refractivity contribution in [2.75, 3.05) is 13.2 Å². The smallest absolute Gasteiger partial charge is 0.407 e. The van der Waals surface area contributed by atoms with Crippen LogP contribution >= 0.6 is 0 Å². The number of benzene rings is 2. The first-order valence-corrected chi connectivity index (χ1v) is 11.6. The van der Waals surface area contributed by atoms with E-state index in [2.05, 4.69) is 22.8 Å². The maximum atomic E-state index is 12.6. The molecule has 2 aromatic carbocycles. The van der Waals surface area contributed by atoms with E-state index in [9.17, 15) is 14.4 Å². The molecule has 0 radical (unpaired) electrons. The Morgan fingerprint density at radius 3 is 2.24 bits per heavy atom. The second-order valence-corrected chi connectivity index (χ2v) is 8.83. The molecule has 0 heterocycles. The van der Waals surface area contributed by atoms with Gasteiger partial charge in [0, 0.05) is 18.9 Å². The number of carboxylic acids is 1. The number of amides is 2. The lowest BCUT2D eigenvalue weighted by atomic mass is 9.98. The molecule has 7 nitrogen and oxygen atoms in total. The Labute approximate surface area is 193 Å². The highest BCUT2D eigenvalue weighted by atomic mass is 16.5. The predicted molar refractivity (Wildman–Crippen MR) is 124 cm³/mol. The minimum absolute atomic E-state index is 0.00792. The van der Waals surface area contributed by atoms with Gasteiger partial charge in [-0.1, -0.05) is 61.4 Å². The normalized spacial score (nSPS) is 15.3.